The molecule has 1 fully saturated rings. The van der Waals surface area contributed by atoms with Crippen molar-refractivity contribution in [3.05, 3.63) is 77.5 Å². The lowest BCUT2D eigenvalue weighted by Crippen LogP contribution is -2.32. The van der Waals surface area contributed by atoms with E-state index >= 15 is 0 Å². The van der Waals surface area contributed by atoms with Crippen LogP contribution in [0, 0.1) is 13.8 Å². The molecule has 1 aromatic heterocycles. The quantitative estimate of drug-likeness (QED) is 0.499. The van der Waals surface area contributed by atoms with Gasteiger partial charge < -0.3 is 14.8 Å². The number of pyridine rings is 1. The van der Waals surface area contributed by atoms with Crippen molar-refractivity contribution in [1.82, 2.24) is 10.3 Å². The predicted molar refractivity (Wildman–Crippen MR) is 129 cm³/mol. The molecule has 0 unspecified atom stereocenters. The molecule has 1 aliphatic rings. The van der Waals surface area contributed by atoms with Crippen LogP contribution in [0.3, 0.4) is 0 Å². The number of aryl methyl sites for hydroxylation is 2. The van der Waals surface area contributed by atoms with Gasteiger partial charge in [-0.3, -0.25) is 9.52 Å². The van der Waals surface area contributed by atoms with Gasteiger partial charge in [0.1, 0.15) is 11.3 Å². The van der Waals surface area contributed by atoms with Crippen LogP contribution >= 0.6 is 0 Å². The first kappa shape index (κ1) is 23.7. The van der Waals surface area contributed by atoms with E-state index in [4.69, 9.17) is 9.47 Å². The highest BCUT2D eigenvalue weighted by atomic mass is 32.2. The molecule has 178 valence electrons. The first-order chi connectivity index (χ1) is 16.3. The summed E-state index contributed by atoms with van der Waals surface area (Å²) in [6, 6.07) is 14.9. The standard InChI is InChI=1S/C25H27N3O5S/c1-17-7-12-23(18(2)15-17)34(30,31)28-19-8-10-20(11-9-19)33-25-22(6-3-13-26-25)24(29)27-16-21-5-4-14-32-21/h3,6-13,15,21,28H,4-5,14,16H2,1-2H3,(H,27,29)/t21-/m1/s1. The lowest BCUT2D eigenvalue weighted by Gasteiger charge is -2.13. The molecule has 9 heteroatoms. The number of anilines is 1. The molecule has 2 aromatic carbocycles. The van der Waals surface area contributed by atoms with Crippen LogP contribution in [-0.4, -0.2) is 38.6 Å². The number of hydrogen-bond acceptors (Lipinski definition) is 6. The average molecular weight is 482 g/mol. The number of aromatic nitrogens is 1. The Labute approximate surface area is 199 Å². The van der Waals surface area contributed by atoms with Crippen molar-refractivity contribution in [1.29, 1.82) is 0 Å². The minimum Gasteiger partial charge on any atom is -0.438 e. The van der Waals surface area contributed by atoms with Gasteiger partial charge in [0.05, 0.1) is 11.0 Å². The van der Waals surface area contributed by atoms with Crippen molar-refractivity contribution < 1.29 is 22.7 Å². The topological polar surface area (TPSA) is 107 Å². The summed E-state index contributed by atoms with van der Waals surface area (Å²) in [5.41, 5.74) is 2.36. The Morgan fingerprint density at radius 1 is 1.15 bits per heavy atom. The Balaban J connectivity index is 1.43. The molecule has 2 heterocycles. The molecule has 4 rings (SSSR count). The van der Waals surface area contributed by atoms with E-state index in [0.717, 1.165) is 25.0 Å². The molecule has 1 amide bonds. The number of ether oxygens (including phenoxy) is 2. The van der Waals surface area contributed by atoms with E-state index < -0.39 is 10.0 Å². The molecular formula is C25H27N3O5S. The number of sulfonamides is 1. The van der Waals surface area contributed by atoms with Crippen LogP contribution in [0.15, 0.2) is 65.7 Å². The number of benzene rings is 2. The van der Waals surface area contributed by atoms with E-state index in [-0.39, 0.29) is 22.8 Å². The Bertz CT molecular complexity index is 1270. The zero-order valence-corrected chi connectivity index (χ0v) is 19.9. The first-order valence-corrected chi connectivity index (χ1v) is 12.5. The third kappa shape index (κ3) is 5.73. The van der Waals surface area contributed by atoms with Crippen LogP contribution < -0.4 is 14.8 Å². The normalized spacial score (nSPS) is 15.6. The van der Waals surface area contributed by atoms with Gasteiger partial charge in [-0.15, -0.1) is 0 Å². The fourth-order valence-corrected chi connectivity index (χ4v) is 5.05. The predicted octanol–water partition coefficient (Wildman–Crippen LogP) is 4.20. The van der Waals surface area contributed by atoms with Gasteiger partial charge in [-0.05, 0) is 74.7 Å². The summed E-state index contributed by atoms with van der Waals surface area (Å²) in [4.78, 5) is 17.1. The second kappa shape index (κ2) is 10.2. The van der Waals surface area contributed by atoms with Crippen LogP contribution in [0.1, 0.15) is 34.3 Å². The number of amides is 1. The Hall–Kier alpha value is -3.43. The van der Waals surface area contributed by atoms with E-state index in [1.54, 1.807) is 61.7 Å². The van der Waals surface area contributed by atoms with Crippen molar-refractivity contribution in [2.45, 2.75) is 37.7 Å². The van der Waals surface area contributed by atoms with Crippen molar-refractivity contribution in [3.63, 3.8) is 0 Å². The summed E-state index contributed by atoms with van der Waals surface area (Å²) in [7, 11) is -3.73. The smallest absolute Gasteiger partial charge is 0.262 e. The molecule has 0 bridgehead atoms. The minimum atomic E-state index is -3.73. The maximum Gasteiger partial charge on any atom is 0.262 e. The Kier molecular flexibility index (Phi) is 7.14. The Morgan fingerprint density at radius 2 is 1.94 bits per heavy atom. The average Bonchev–Trinajstić information content (AvgIpc) is 3.32. The van der Waals surface area contributed by atoms with Gasteiger partial charge in [0.15, 0.2) is 0 Å². The number of rotatable bonds is 8. The molecule has 8 nitrogen and oxygen atoms in total. The Morgan fingerprint density at radius 3 is 2.65 bits per heavy atom. The van der Waals surface area contributed by atoms with Gasteiger partial charge in [-0.1, -0.05) is 17.7 Å². The third-order valence-electron chi connectivity index (χ3n) is 5.47. The van der Waals surface area contributed by atoms with E-state index in [1.807, 2.05) is 13.0 Å². The molecule has 1 saturated heterocycles. The van der Waals surface area contributed by atoms with E-state index in [2.05, 4.69) is 15.0 Å². The number of nitrogens with one attached hydrogen (secondary N) is 2. The zero-order valence-electron chi connectivity index (χ0n) is 19.1. The fourth-order valence-electron chi connectivity index (χ4n) is 3.77. The first-order valence-electron chi connectivity index (χ1n) is 11.0. The highest BCUT2D eigenvalue weighted by Gasteiger charge is 2.20. The van der Waals surface area contributed by atoms with Crippen LogP contribution in [-0.2, 0) is 14.8 Å². The summed E-state index contributed by atoms with van der Waals surface area (Å²) in [5, 5.41) is 2.86. The highest BCUT2D eigenvalue weighted by Crippen LogP contribution is 2.26. The van der Waals surface area contributed by atoms with Gasteiger partial charge in [0.25, 0.3) is 15.9 Å². The van der Waals surface area contributed by atoms with Gasteiger partial charge in [-0.25, -0.2) is 13.4 Å². The fraction of sp³-hybridized carbons (Fsp3) is 0.280. The lowest BCUT2D eigenvalue weighted by atomic mass is 10.2. The maximum absolute atomic E-state index is 12.8. The highest BCUT2D eigenvalue weighted by molar-refractivity contribution is 7.92. The summed E-state index contributed by atoms with van der Waals surface area (Å²) in [6.45, 7) is 4.83. The molecule has 1 atom stereocenters. The SMILES string of the molecule is Cc1ccc(S(=O)(=O)Nc2ccc(Oc3ncccc3C(=O)NC[C@H]3CCCO3)cc2)c(C)c1. The van der Waals surface area contributed by atoms with Gasteiger partial charge in [0, 0.05) is 25.0 Å². The summed E-state index contributed by atoms with van der Waals surface area (Å²) < 4.78 is 39.5. The molecular weight excluding hydrogens is 454 g/mol. The molecule has 1 aliphatic heterocycles. The second-order valence-electron chi connectivity index (χ2n) is 8.20. The largest absolute Gasteiger partial charge is 0.438 e. The van der Waals surface area contributed by atoms with Crippen molar-refractivity contribution >= 4 is 21.6 Å². The summed E-state index contributed by atoms with van der Waals surface area (Å²) in [6.07, 6.45) is 3.50. The summed E-state index contributed by atoms with van der Waals surface area (Å²) >= 11 is 0. The van der Waals surface area contributed by atoms with Crippen LogP contribution in [0.4, 0.5) is 5.69 Å². The van der Waals surface area contributed by atoms with Crippen molar-refractivity contribution in [2.24, 2.45) is 0 Å². The molecule has 0 aliphatic carbocycles. The summed E-state index contributed by atoms with van der Waals surface area (Å²) in [5.74, 6) is 0.286. The van der Waals surface area contributed by atoms with E-state index in [0.29, 0.717) is 29.1 Å². The van der Waals surface area contributed by atoms with Crippen molar-refractivity contribution in [2.75, 3.05) is 17.9 Å². The molecule has 34 heavy (non-hydrogen) atoms. The number of nitrogens with zero attached hydrogens (tertiary/aromatic N) is 1. The number of carbonyl (C=O) groups is 1. The molecule has 0 spiro atoms. The minimum absolute atomic E-state index is 0.0324. The van der Waals surface area contributed by atoms with Gasteiger partial charge >= 0.3 is 0 Å². The van der Waals surface area contributed by atoms with E-state index in [1.165, 1.54) is 0 Å². The molecule has 2 N–H and O–H groups in total. The monoisotopic (exact) mass is 481 g/mol. The van der Waals surface area contributed by atoms with Gasteiger partial charge in [0.2, 0.25) is 5.88 Å². The molecule has 3 aromatic rings. The van der Waals surface area contributed by atoms with Crippen LogP contribution in [0.2, 0.25) is 0 Å². The second-order valence-corrected chi connectivity index (χ2v) is 9.85. The van der Waals surface area contributed by atoms with Crippen LogP contribution in [0.5, 0.6) is 11.6 Å². The third-order valence-corrected chi connectivity index (χ3v) is 7.01. The lowest BCUT2D eigenvalue weighted by molar-refractivity contribution is 0.0855. The number of carbonyl (C=O) groups excluding carboxylic acids is 1. The number of hydrogen-bond donors (Lipinski definition) is 2. The van der Waals surface area contributed by atoms with Crippen LogP contribution in [0.25, 0.3) is 0 Å². The van der Waals surface area contributed by atoms with E-state index in [9.17, 15) is 13.2 Å². The maximum atomic E-state index is 12.8. The molecule has 0 radical (unpaired) electrons. The van der Waals surface area contributed by atoms with Crippen molar-refractivity contribution in [3.8, 4) is 11.6 Å². The van der Waals surface area contributed by atoms with Gasteiger partial charge in [-0.2, -0.15) is 0 Å². The zero-order chi connectivity index (χ0) is 24.1. The molecule has 0 saturated carbocycles.